The fraction of sp³-hybridized carbons (Fsp3) is 0.364. The predicted molar refractivity (Wildman–Crippen MR) is 108 cm³/mol. The molecule has 1 atom stereocenters. The summed E-state index contributed by atoms with van der Waals surface area (Å²) in [6.45, 7) is 3.52. The Kier molecular flexibility index (Phi) is 7.17. The normalized spacial score (nSPS) is 17.1. The average molecular weight is 381 g/mol. The molecule has 148 valence electrons. The summed E-state index contributed by atoms with van der Waals surface area (Å²) < 4.78 is 5.78. The van der Waals surface area contributed by atoms with Crippen LogP contribution in [0, 0.1) is 0 Å². The van der Waals surface area contributed by atoms with E-state index in [9.17, 15) is 9.59 Å². The van der Waals surface area contributed by atoms with E-state index in [2.05, 4.69) is 27.7 Å². The fourth-order valence-corrected chi connectivity index (χ4v) is 3.34. The molecule has 1 saturated heterocycles. The maximum atomic E-state index is 12.3. The van der Waals surface area contributed by atoms with Crippen molar-refractivity contribution in [3.8, 4) is 0 Å². The molecule has 0 spiro atoms. The minimum absolute atomic E-state index is 0.0445. The lowest BCUT2D eigenvalue weighted by molar-refractivity contribution is -0.126. The number of hydrogen-bond donors (Lipinski definition) is 2. The average Bonchev–Trinajstić information content (AvgIpc) is 2.73. The van der Waals surface area contributed by atoms with Gasteiger partial charge in [0.15, 0.2) is 0 Å². The third kappa shape index (κ3) is 5.90. The molecule has 0 saturated carbocycles. The van der Waals surface area contributed by atoms with Crippen molar-refractivity contribution in [2.24, 2.45) is 0 Å². The van der Waals surface area contributed by atoms with E-state index >= 15 is 0 Å². The number of carbonyl (C=O) groups excluding carboxylic acids is 2. The van der Waals surface area contributed by atoms with Crippen LogP contribution in [0.25, 0.3) is 0 Å². The summed E-state index contributed by atoms with van der Waals surface area (Å²) in [7, 11) is 1.60. The molecule has 6 nitrogen and oxygen atoms in total. The van der Waals surface area contributed by atoms with Gasteiger partial charge in [-0.2, -0.15) is 0 Å². The number of carbonyl (C=O) groups is 2. The van der Waals surface area contributed by atoms with Gasteiger partial charge in [0.1, 0.15) is 0 Å². The predicted octanol–water partition coefficient (Wildman–Crippen LogP) is 1.95. The second-order valence-electron chi connectivity index (χ2n) is 6.97. The smallest absolute Gasteiger partial charge is 0.251 e. The molecule has 2 aromatic carbocycles. The van der Waals surface area contributed by atoms with Gasteiger partial charge in [-0.3, -0.25) is 14.5 Å². The van der Waals surface area contributed by atoms with Crippen molar-refractivity contribution in [2.45, 2.75) is 25.6 Å². The Labute approximate surface area is 165 Å². The van der Waals surface area contributed by atoms with E-state index in [1.165, 1.54) is 5.56 Å². The summed E-state index contributed by atoms with van der Waals surface area (Å²) in [5.74, 6) is -0.181. The Balaban J connectivity index is 1.46. The third-order valence-corrected chi connectivity index (χ3v) is 4.79. The topological polar surface area (TPSA) is 70.7 Å². The molecule has 1 aliphatic rings. The highest BCUT2D eigenvalue weighted by molar-refractivity contribution is 5.94. The molecule has 0 aromatic heterocycles. The fourth-order valence-electron chi connectivity index (χ4n) is 3.34. The summed E-state index contributed by atoms with van der Waals surface area (Å²) in [4.78, 5) is 26.4. The van der Waals surface area contributed by atoms with Gasteiger partial charge in [-0.15, -0.1) is 0 Å². The molecule has 1 heterocycles. The molecule has 3 rings (SSSR count). The van der Waals surface area contributed by atoms with E-state index in [4.69, 9.17) is 4.74 Å². The molecule has 0 unspecified atom stereocenters. The Morgan fingerprint density at radius 3 is 2.68 bits per heavy atom. The van der Waals surface area contributed by atoms with Crippen molar-refractivity contribution in [3.05, 3.63) is 71.3 Å². The number of ether oxygens (including phenoxy) is 1. The first-order valence-corrected chi connectivity index (χ1v) is 9.59. The first-order valence-electron chi connectivity index (χ1n) is 9.59. The van der Waals surface area contributed by atoms with Crippen LogP contribution in [-0.2, 0) is 22.6 Å². The second kappa shape index (κ2) is 10.0. The van der Waals surface area contributed by atoms with Crippen molar-refractivity contribution in [2.75, 3.05) is 26.7 Å². The summed E-state index contributed by atoms with van der Waals surface area (Å²) in [6.07, 6.45) is 0.232. The quantitative estimate of drug-likeness (QED) is 0.769. The Morgan fingerprint density at radius 2 is 1.89 bits per heavy atom. The Hall–Kier alpha value is -2.70. The van der Waals surface area contributed by atoms with Crippen LogP contribution in [0.15, 0.2) is 54.6 Å². The minimum atomic E-state index is -0.137. The van der Waals surface area contributed by atoms with Crippen LogP contribution in [0.5, 0.6) is 0 Å². The van der Waals surface area contributed by atoms with Crippen molar-refractivity contribution in [1.82, 2.24) is 15.5 Å². The lowest BCUT2D eigenvalue weighted by atomic mass is 10.1. The monoisotopic (exact) mass is 381 g/mol. The van der Waals surface area contributed by atoms with Gasteiger partial charge < -0.3 is 15.4 Å². The van der Waals surface area contributed by atoms with Gasteiger partial charge >= 0.3 is 0 Å². The molecule has 0 radical (unpaired) electrons. The lowest BCUT2D eigenvalue weighted by Crippen LogP contribution is -2.44. The van der Waals surface area contributed by atoms with Crippen LogP contribution in [0.3, 0.4) is 0 Å². The zero-order chi connectivity index (χ0) is 19.8. The van der Waals surface area contributed by atoms with Crippen LogP contribution >= 0.6 is 0 Å². The molecule has 6 heteroatoms. The molecular formula is C22H27N3O3. The van der Waals surface area contributed by atoms with Crippen molar-refractivity contribution >= 4 is 11.8 Å². The molecular weight excluding hydrogens is 354 g/mol. The molecule has 0 aliphatic carbocycles. The largest absolute Gasteiger partial charge is 0.375 e. The zero-order valence-corrected chi connectivity index (χ0v) is 16.2. The van der Waals surface area contributed by atoms with E-state index in [-0.39, 0.29) is 17.9 Å². The first-order chi connectivity index (χ1) is 13.6. The van der Waals surface area contributed by atoms with Crippen LogP contribution in [0.4, 0.5) is 0 Å². The number of nitrogens with one attached hydrogen (secondary N) is 2. The van der Waals surface area contributed by atoms with Crippen LogP contribution in [0.1, 0.15) is 27.9 Å². The molecule has 2 amide bonds. The van der Waals surface area contributed by atoms with E-state index in [0.29, 0.717) is 25.1 Å². The lowest BCUT2D eigenvalue weighted by Gasteiger charge is -2.32. The van der Waals surface area contributed by atoms with E-state index in [1.54, 1.807) is 19.2 Å². The van der Waals surface area contributed by atoms with Crippen LogP contribution < -0.4 is 10.6 Å². The zero-order valence-electron chi connectivity index (χ0n) is 16.2. The maximum Gasteiger partial charge on any atom is 0.251 e. The van der Waals surface area contributed by atoms with Crippen molar-refractivity contribution in [1.29, 1.82) is 0 Å². The number of rotatable bonds is 7. The van der Waals surface area contributed by atoms with E-state index in [0.717, 1.165) is 25.2 Å². The highest BCUT2D eigenvalue weighted by Crippen LogP contribution is 2.13. The molecule has 1 fully saturated rings. The summed E-state index contributed by atoms with van der Waals surface area (Å²) in [5.41, 5.74) is 2.75. The SMILES string of the molecule is CNC(=O)c1cccc(CNC(=O)C[C@H]2CN(Cc3ccccc3)CCO2)c1. The first kappa shape index (κ1) is 20.0. The highest BCUT2D eigenvalue weighted by atomic mass is 16.5. The molecule has 28 heavy (non-hydrogen) atoms. The minimum Gasteiger partial charge on any atom is -0.375 e. The molecule has 0 bridgehead atoms. The van der Waals surface area contributed by atoms with Gasteiger partial charge in [-0.1, -0.05) is 42.5 Å². The van der Waals surface area contributed by atoms with Crippen molar-refractivity contribution in [3.63, 3.8) is 0 Å². The van der Waals surface area contributed by atoms with Crippen LogP contribution in [-0.4, -0.2) is 49.6 Å². The number of benzene rings is 2. The highest BCUT2D eigenvalue weighted by Gasteiger charge is 2.22. The number of amides is 2. The number of morpholine rings is 1. The molecule has 2 aromatic rings. The second-order valence-corrected chi connectivity index (χ2v) is 6.97. The van der Waals surface area contributed by atoms with Gasteiger partial charge in [0.05, 0.1) is 19.1 Å². The Bertz CT molecular complexity index is 795. The number of nitrogens with zero attached hydrogens (tertiary/aromatic N) is 1. The van der Waals surface area contributed by atoms with Gasteiger partial charge in [0.25, 0.3) is 5.91 Å². The van der Waals surface area contributed by atoms with Crippen LogP contribution in [0.2, 0.25) is 0 Å². The van der Waals surface area contributed by atoms with Gasteiger partial charge in [-0.05, 0) is 23.3 Å². The Morgan fingerprint density at radius 1 is 1.11 bits per heavy atom. The molecule has 2 N–H and O–H groups in total. The van der Waals surface area contributed by atoms with Gasteiger partial charge in [0, 0.05) is 38.8 Å². The van der Waals surface area contributed by atoms with Gasteiger partial charge in [0.2, 0.25) is 5.91 Å². The third-order valence-electron chi connectivity index (χ3n) is 4.79. The van der Waals surface area contributed by atoms with Gasteiger partial charge in [-0.25, -0.2) is 0 Å². The summed E-state index contributed by atoms with van der Waals surface area (Å²) >= 11 is 0. The number of hydrogen-bond acceptors (Lipinski definition) is 4. The summed E-state index contributed by atoms with van der Waals surface area (Å²) in [6, 6.07) is 17.6. The summed E-state index contributed by atoms with van der Waals surface area (Å²) in [5, 5.41) is 5.53. The molecule has 1 aliphatic heterocycles. The van der Waals surface area contributed by atoms with E-state index in [1.807, 2.05) is 30.3 Å². The van der Waals surface area contributed by atoms with E-state index < -0.39 is 0 Å². The van der Waals surface area contributed by atoms with Crippen molar-refractivity contribution < 1.29 is 14.3 Å². The maximum absolute atomic E-state index is 12.3. The standard InChI is InChI=1S/C22H27N3O3/c1-23-22(27)19-9-5-8-18(12-19)14-24-21(26)13-20-16-25(10-11-28-20)15-17-6-3-2-4-7-17/h2-9,12,20H,10-11,13-16H2,1H3,(H,23,27)(H,24,26)/t20-/m0/s1.